The Balaban J connectivity index is 2.59. The highest BCUT2D eigenvalue weighted by Gasteiger charge is 2.25. The molecule has 0 bridgehead atoms. The second kappa shape index (κ2) is 6.90. The average molecular weight is 199 g/mol. The van der Waals surface area contributed by atoms with Gasteiger partial charge in [0.1, 0.15) is 0 Å². The molecule has 1 heteroatoms. The number of unbranched alkanes of at least 4 members (excludes halogenated alkanes) is 2. The Morgan fingerprint density at radius 3 is 3.29 bits per heavy atom. The van der Waals surface area contributed by atoms with Gasteiger partial charge in [0.05, 0.1) is 8.85 Å². The van der Waals surface area contributed by atoms with Gasteiger partial charge in [0.25, 0.3) is 0 Å². The van der Waals surface area contributed by atoms with Crippen LogP contribution in [0.4, 0.5) is 0 Å². The summed E-state index contributed by atoms with van der Waals surface area (Å²) in [5, 5.41) is 0. The molecule has 1 nitrogen and oxygen atoms in total. The summed E-state index contributed by atoms with van der Waals surface area (Å²) in [4.78, 5) is 0. The monoisotopic (exact) mass is 199 g/mol. The molecule has 1 saturated carbocycles. The third kappa shape index (κ3) is 3.72. The normalized spacial score (nSPS) is 33.1. The van der Waals surface area contributed by atoms with Crippen molar-refractivity contribution in [2.75, 3.05) is 6.56 Å². The van der Waals surface area contributed by atoms with Crippen LogP contribution in [0.5, 0.6) is 0 Å². The zero-order valence-electron chi connectivity index (χ0n) is 13.8. The lowest BCUT2D eigenvalue weighted by atomic mass is 10.1. The number of rotatable bonds is 4. The second-order valence-electron chi connectivity index (χ2n) is 3.72. The second-order valence-corrected chi connectivity index (χ2v) is 3.72. The van der Waals surface area contributed by atoms with Crippen LogP contribution in [0.1, 0.15) is 59.2 Å². The van der Waals surface area contributed by atoms with Crippen LogP contribution in [0.15, 0.2) is 0 Å². The summed E-state index contributed by atoms with van der Waals surface area (Å²) < 4.78 is 41.7. The summed E-state index contributed by atoms with van der Waals surface area (Å²) in [5.41, 5.74) is 0. The van der Waals surface area contributed by atoms with E-state index in [0.29, 0.717) is 6.42 Å². The Morgan fingerprint density at radius 2 is 2.50 bits per heavy atom. The van der Waals surface area contributed by atoms with Crippen LogP contribution in [-0.4, -0.2) is 12.7 Å². The minimum absolute atomic E-state index is 0.0331. The highest BCUT2D eigenvalue weighted by atomic mass is 16.5. The summed E-state index contributed by atoms with van der Waals surface area (Å²) >= 11 is 0. The maximum atomic E-state index is 7.51. The smallest absolute Gasteiger partial charge is 0.0712 e. The van der Waals surface area contributed by atoms with Gasteiger partial charge in [-0.15, -0.1) is 5.92 Å². The van der Waals surface area contributed by atoms with Gasteiger partial charge in [0.15, 0.2) is 0 Å². The van der Waals surface area contributed by atoms with Gasteiger partial charge >= 0.3 is 0 Å². The molecule has 0 amide bonds. The van der Waals surface area contributed by atoms with Crippen molar-refractivity contribution in [2.45, 2.75) is 58.4 Å². The summed E-state index contributed by atoms with van der Waals surface area (Å²) in [7, 11) is 0. The van der Waals surface area contributed by atoms with E-state index in [1.54, 1.807) is 0 Å². The first kappa shape index (κ1) is 6.18. The van der Waals surface area contributed by atoms with E-state index in [-0.39, 0.29) is 5.92 Å². The standard InChI is InChI=1S/C13H22O/c1-3-5-6-7-9-12-10-8-11-13(12)14-4-2/h12-13H,3-6,8,10-11H2,1-2H3/t12-,13+/m0/s1/i2D3,4D2. The lowest BCUT2D eigenvalue weighted by Crippen LogP contribution is -2.16. The van der Waals surface area contributed by atoms with Crippen molar-refractivity contribution in [3.63, 3.8) is 0 Å². The molecule has 0 aliphatic heterocycles. The Hall–Kier alpha value is -0.480. The molecule has 1 rings (SSSR count). The SMILES string of the molecule is [2H]C([2H])([2H])C([2H])([2H])O[C@@H]1CCC[C@@H]1C#CCCCC. The van der Waals surface area contributed by atoms with E-state index in [1.807, 2.05) is 0 Å². The minimum Gasteiger partial charge on any atom is -0.377 e. The molecule has 0 aromatic carbocycles. The van der Waals surface area contributed by atoms with E-state index in [2.05, 4.69) is 18.8 Å². The summed E-state index contributed by atoms with van der Waals surface area (Å²) in [6, 6.07) is 0. The molecular formula is C13H22O. The predicted octanol–water partition coefficient (Wildman–Crippen LogP) is 3.39. The molecule has 0 spiro atoms. The van der Waals surface area contributed by atoms with Gasteiger partial charge in [-0.25, -0.2) is 0 Å². The van der Waals surface area contributed by atoms with Gasteiger partial charge in [-0.3, -0.25) is 0 Å². The van der Waals surface area contributed by atoms with Crippen LogP contribution >= 0.6 is 0 Å². The molecule has 0 radical (unpaired) electrons. The molecule has 0 saturated heterocycles. The topological polar surface area (TPSA) is 9.23 Å². The van der Waals surface area contributed by atoms with Gasteiger partial charge < -0.3 is 4.74 Å². The zero-order valence-corrected chi connectivity index (χ0v) is 8.81. The zero-order chi connectivity index (χ0) is 14.5. The maximum absolute atomic E-state index is 7.51. The molecule has 80 valence electrons. The van der Waals surface area contributed by atoms with Gasteiger partial charge in [-0.05, 0) is 32.5 Å². The molecule has 14 heavy (non-hydrogen) atoms. The molecule has 1 fully saturated rings. The fraction of sp³-hybridized carbons (Fsp3) is 0.846. The van der Waals surface area contributed by atoms with Gasteiger partial charge in [-0.2, -0.15) is 0 Å². The minimum atomic E-state index is -2.75. The van der Waals surface area contributed by atoms with Crippen LogP contribution in [0.2, 0.25) is 0 Å². The van der Waals surface area contributed by atoms with E-state index in [1.165, 1.54) is 0 Å². The van der Waals surface area contributed by atoms with Gasteiger partial charge in [0, 0.05) is 23.0 Å². The summed E-state index contributed by atoms with van der Waals surface area (Å²) in [6.45, 7) is -3.24. The molecule has 0 aromatic rings. The van der Waals surface area contributed by atoms with E-state index in [4.69, 9.17) is 11.6 Å². The van der Waals surface area contributed by atoms with Crippen molar-refractivity contribution in [1.82, 2.24) is 0 Å². The van der Waals surface area contributed by atoms with Gasteiger partial charge in [-0.1, -0.05) is 19.3 Å². The van der Waals surface area contributed by atoms with Crippen molar-refractivity contribution in [1.29, 1.82) is 0 Å². The quantitative estimate of drug-likeness (QED) is 0.498. The Bertz CT molecular complexity index is 339. The third-order valence-electron chi connectivity index (χ3n) is 2.61. The number of ether oxygens (including phenoxy) is 1. The van der Waals surface area contributed by atoms with Crippen molar-refractivity contribution in [3.05, 3.63) is 0 Å². The fourth-order valence-corrected chi connectivity index (χ4v) is 1.78. The lowest BCUT2D eigenvalue weighted by Gasteiger charge is -2.13. The van der Waals surface area contributed by atoms with Crippen LogP contribution in [-0.2, 0) is 4.74 Å². The first-order valence-corrected chi connectivity index (χ1v) is 5.44. The number of hydrogen-bond acceptors (Lipinski definition) is 1. The van der Waals surface area contributed by atoms with Crippen LogP contribution < -0.4 is 0 Å². The van der Waals surface area contributed by atoms with Crippen molar-refractivity contribution in [3.8, 4) is 11.8 Å². The molecule has 2 atom stereocenters. The Labute approximate surface area is 95.3 Å². The Kier molecular flexibility index (Phi) is 3.04. The lowest BCUT2D eigenvalue weighted by molar-refractivity contribution is 0.0510. The molecule has 0 aromatic heterocycles. The molecule has 0 heterocycles. The Morgan fingerprint density at radius 1 is 1.57 bits per heavy atom. The molecule has 1 aliphatic rings. The van der Waals surface area contributed by atoms with Crippen LogP contribution in [0, 0.1) is 17.8 Å². The van der Waals surface area contributed by atoms with Gasteiger partial charge in [0.2, 0.25) is 0 Å². The average Bonchev–Trinajstić information content (AvgIpc) is 2.70. The highest BCUT2D eigenvalue weighted by Crippen LogP contribution is 2.27. The number of hydrogen-bond donors (Lipinski definition) is 0. The van der Waals surface area contributed by atoms with Crippen molar-refractivity contribution >= 4 is 0 Å². The molecule has 0 unspecified atom stereocenters. The fourth-order valence-electron chi connectivity index (χ4n) is 1.78. The van der Waals surface area contributed by atoms with E-state index >= 15 is 0 Å². The summed E-state index contributed by atoms with van der Waals surface area (Å²) in [5.74, 6) is 6.17. The molecular weight excluding hydrogens is 172 g/mol. The molecule has 1 aliphatic carbocycles. The third-order valence-corrected chi connectivity index (χ3v) is 2.61. The van der Waals surface area contributed by atoms with E-state index in [0.717, 1.165) is 32.1 Å². The van der Waals surface area contributed by atoms with E-state index in [9.17, 15) is 0 Å². The van der Waals surface area contributed by atoms with Crippen molar-refractivity contribution < 1.29 is 11.6 Å². The van der Waals surface area contributed by atoms with Crippen LogP contribution in [0.25, 0.3) is 0 Å². The first-order valence-electron chi connectivity index (χ1n) is 7.94. The first-order chi connectivity index (χ1) is 8.78. The maximum Gasteiger partial charge on any atom is 0.0712 e. The molecule has 0 N–H and O–H groups in total. The van der Waals surface area contributed by atoms with E-state index < -0.39 is 19.5 Å². The van der Waals surface area contributed by atoms with Crippen LogP contribution in [0.3, 0.4) is 0 Å². The van der Waals surface area contributed by atoms with Crippen molar-refractivity contribution in [2.24, 2.45) is 5.92 Å². The highest BCUT2D eigenvalue weighted by molar-refractivity contribution is 5.07. The summed E-state index contributed by atoms with van der Waals surface area (Å²) in [6.07, 6.45) is 5.05. The predicted molar refractivity (Wildman–Crippen MR) is 60.1 cm³/mol. The largest absolute Gasteiger partial charge is 0.377 e.